The smallest absolute Gasteiger partial charge is 0.293 e. The summed E-state index contributed by atoms with van der Waals surface area (Å²) < 4.78 is 11.1. The first-order valence-corrected chi connectivity index (χ1v) is 9.48. The zero-order chi connectivity index (χ0) is 20.2. The van der Waals surface area contributed by atoms with E-state index in [0.29, 0.717) is 27.8 Å². The summed E-state index contributed by atoms with van der Waals surface area (Å²) in [6, 6.07) is 14.2. The molecule has 0 aliphatic heterocycles. The molecule has 9 heteroatoms. The van der Waals surface area contributed by atoms with Crippen molar-refractivity contribution in [2.45, 2.75) is 6.61 Å². The molecule has 4 aromatic rings. The van der Waals surface area contributed by atoms with Gasteiger partial charge in [-0.15, -0.1) is 11.3 Å². The Labute approximate surface area is 169 Å². The van der Waals surface area contributed by atoms with Crippen LogP contribution in [0.25, 0.3) is 11.3 Å². The number of anilines is 1. The molecule has 0 bridgehead atoms. The number of nitrogens with two attached hydrogens (primary N) is 1. The minimum Gasteiger partial charge on any atom is -0.486 e. The molecule has 4 rings (SSSR count). The average molecular weight is 408 g/mol. The summed E-state index contributed by atoms with van der Waals surface area (Å²) in [5.74, 6) is 0.444. The highest BCUT2D eigenvalue weighted by Crippen LogP contribution is 2.26. The van der Waals surface area contributed by atoms with Crippen molar-refractivity contribution in [1.29, 1.82) is 0 Å². The Morgan fingerprint density at radius 1 is 1.21 bits per heavy atom. The van der Waals surface area contributed by atoms with Gasteiger partial charge in [0.1, 0.15) is 23.8 Å². The number of hydrogen-bond acceptors (Lipinski definition) is 6. The summed E-state index contributed by atoms with van der Waals surface area (Å²) in [7, 11) is 0. The lowest BCUT2D eigenvalue weighted by atomic mass is 10.2. The number of rotatable bonds is 7. The Balaban J connectivity index is 1.38. The fourth-order valence-electron chi connectivity index (χ4n) is 2.56. The first-order chi connectivity index (χ1) is 14.1. The Bertz CT molecular complexity index is 1150. The molecule has 0 atom stereocenters. The predicted molar refractivity (Wildman–Crippen MR) is 108 cm³/mol. The zero-order valence-electron chi connectivity index (χ0n) is 15.0. The molecule has 2 amide bonds. The number of H-pyrrole nitrogens is 1. The quantitative estimate of drug-likeness (QED) is 0.431. The SMILES string of the molecule is NC(=O)c1cc(-c2csc(NC(=O)c3ccc(COc4ccccc4)o3)n2)c[nH]1. The van der Waals surface area contributed by atoms with Crippen LogP contribution in [0, 0.1) is 0 Å². The number of aromatic amines is 1. The van der Waals surface area contributed by atoms with Crippen LogP contribution in [0.5, 0.6) is 5.75 Å². The van der Waals surface area contributed by atoms with Gasteiger partial charge in [-0.2, -0.15) is 0 Å². The van der Waals surface area contributed by atoms with Crippen LogP contribution in [-0.2, 0) is 6.61 Å². The molecule has 0 saturated heterocycles. The Hall–Kier alpha value is -3.85. The highest BCUT2D eigenvalue weighted by Gasteiger charge is 2.15. The van der Waals surface area contributed by atoms with Gasteiger partial charge in [0.05, 0.1) is 5.69 Å². The topological polar surface area (TPSA) is 123 Å². The number of nitrogens with zero attached hydrogens (tertiary/aromatic N) is 1. The molecule has 29 heavy (non-hydrogen) atoms. The number of carbonyl (C=O) groups excluding carboxylic acids is 2. The molecule has 0 saturated carbocycles. The number of carbonyl (C=O) groups is 2. The van der Waals surface area contributed by atoms with Crippen molar-refractivity contribution < 1.29 is 18.7 Å². The lowest BCUT2D eigenvalue weighted by molar-refractivity contribution is 0.0986. The van der Waals surface area contributed by atoms with Crippen LogP contribution in [0.15, 0.2) is 64.5 Å². The minimum atomic E-state index is -0.551. The maximum absolute atomic E-state index is 12.4. The van der Waals surface area contributed by atoms with Gasteiger partial charge in [0.25, 0.3) is 11.8 Å². The van der Waals surface area contributed by atoms with Crippen molar-refractivity contribution in [3.63, 3.8) is 0 Å². The van der Waals surface area contributed by atoms with E-state index in [-0.39, 0.29) is 12.4 Å². The van der Waals surface area contributed by atoms with E-state index in [1.54, 1.807) is 29.8 Å². The number of ether oxygens (including phenoxy) is 1. The van der Waals surface area contributed by atoms with E-state index in [2.05, 4.69) is 15.3 Å². The van der Waals surface area contributed by atoms with Gasteiger partial charge in [0.2, 0.25) is 0 Å². The van der Waals surface area contributed by atoms with Crippen LogP contribution < -0.4 is 15.8 Å². The average Bonchev–Trinajstić information content (AvgIpc) is 3.47. The molecule has 8 nitrogen and oxygen atoms in total. The van der Waals surface area contributed by atoms with Crippen LogP contribution >= 0.6 is 11.3 Å². The fourth-order valence-corrected chi connectivity index (χ4v) is 3.27. The molecule has 146 valence electrons. The fraction of sp³-hybridized carbons (Fsp3) is 0.0500. The van der Waals surface area contributed by atoms with Crippen LogP contribution in [-0.4, -0.2) is 21.8 Å². The molecular weight excluding hydrogens is 392 g/mol. The Morgan fingerprint density at radius 3 is 2.79 bits per heavy atom. The summed E-state index contributed by atoms with van der Waals surface area (Å²) in [4.78, 5) is 30.7. The monoisotopic (exact) mass is 408 g/mol. The molecule has 0 fully saturated rings. The predicted octanol–water partition coefficient (Wildman–Crippen LogP) is 3.66. The van der Waals surface area contributed by atoms with Crippen LogP contribution in [0.2, 0.25) is 0 Å². The van der Waals surface area contributed by atoms with Crippen LogP contribution in [0.3, 0.4) is 0 Å². The number of para-hydroxylation sites is 1. The van der Waals surface area contributed by atoms with E-state index in [1.165, 1.54) is 11.3 Å². The minimum absolute atomic E-state index is 0.158. The number of aromatic nitrogens is 2. The van der Waals surface area contributed by atoms with Crippen molar-refractivity contribution in [3.8, 4) is 17.0 Å². The van der Waals surface area contributed by atoms with Gasteiger partial charge >= 0.3 is 0 Å². The highest BCUT2D eigenvalue weighted by molar-refractivity contribution is 7.14. The van der Waals surface area contributed by atoms with Gasteiger partial charge in [0, 0.05) is 17.1 Å². The van der Waals surface area contributed by atoms with Crippen LogP contribution in [0.4, 0.5) is 5.13 Å². The summed E-state index contributed by atoms with van der Waals surface area (Å²) >= 11 is 1.26. The van der Waals surface area contributed by atoms with Crippen molar-refractivity contribution in [1.82, 2.24) is 9.97 Å². The normalized spacial score (nSPS) is 10.6. The summed E-state index contributed by atoms with van der Waals surface area (Å²) in [5.41, 5.74) is 6.84. The molecular formula is C20H16N4O4S. The molecule has 0 aliphatic rings. The first-order valence-electron chi connectivity index (χ1n) is 8.60. The third kappa shape index (κ3) is 4.36. The number of furan rings is 1. The maximum atomic E-state index is 12.4. The Morgan fingerprint density at radius 2 is 2.03 bits per heavy atom. The molecule has 3 heterocycles. The third-order valence-corrected chi connectivity index (χ3v) is 4.74. The summed E-state index contributed by atoms with van der Waals surface area (Å²) in [6.07, 6.45) is 1.63. The van der Waals surface area contributed by atoms with E-state index in [0.717, 1.165) is 5.75 Å². The van der Waals surface area contributed by atoms with Gasteiger partial charge in [-0.3, -0.25) is 14.9 Å². The molecule has 0 aliphatic carbocycles. The first kappa shape index (κ1) is 18.5. The van der Waals surface area contributed by atoms with E-state index in [1.807, 2.05) is 30.3 Å². The van der Waals surface area contributed by atoms with Crippen molar-refractivity contribution in [2.75, 3.05) is 5.32 Å². The second-order valence-corrected chi connectivity index (χ2v) is 6.88. The van der Waals surface area contributed by atoms with Gasteiger partial charge in [-0.1, -0.05) is 18.2 Å². The lowest BCUT2D eigenvalue weighted by Gasteiger charge is -2.03. The van der Waals surface area contributed by atoms with Crippen molar-refractivity contribution >= 4 is 28.3 Å². The number of nitrogens with one attached hydrogen (secondary N) is 2. The molecule has 4 N–H and O–H groups in total. The lowest BCUT2D eigenvalue weighted by Crippen LogP contribution is -2.10. The second kappa shape index (κ2) is 8.03. The summed E-state index contributed by atoms with van der Waals surface area (Å²) in [6.45, 7) is 0.217. The van der Waals surface area contributed by atoms with E-state index >= 15 is 0 Å². The second-order valence-electron chi connectivity index (χ2n) is 6.03. The zero-order valence-corrected chi connectivity index (χ0v) is 15.9. The van der Waals surface area contributed by atoms with Gasteiger partial charge < -0.3 is 19.9 Å². The van der Waals surface area contributed by atoms with E-state index in [4.69, 9.17) is 14.9 Å². The third-order valence-electron chi connectivity index (χ3n) is 3.98. The molecule has 3 aromatic heterocycles. The number of hydrogen-bond donors (Lipinski definition) is 3. The molecule has 0 spiro atoms. The van der Waals surface area contributed by atoms with Gasteiger partial charge in [-0.05, 0) is 30.3 Å². The van der Waals surface area contributed by atoms with E-state index < -0.39 is 11.8 Å². The number of benzene rings is 1. The number of amides is 2. The van der Waals surface area contributed by atoms with Crippen LogP contribution in [0.1, 0.15) is 26.8 Å². The van der Waals surface area contributed by atoms with Gasteiger partial charge in [0.15, 0.2) is 10.9 Å². The molecule has 1 aromatic carbocycles. The summed E-state index contributed by atoms with van der Waals surface area (Å²) in [5, 5.41) is 4.87. The molecule has 0 radical (unpaired) electrons. The number of thiazole rings is 1. The largest absolute Gasteiger partial charge is 0.486 e. The molecule has 0 unspecified atom stereocenters. The van der Waals surface area contributed by atoms with E-state index in [9.17, 15) is 9.59 Å². The van der Waals surface area contributed by atoms with Crippen molar-refractivity contribution in [3.05, 3.63) is 77.3 Å². The van der Waals surface area contributed by atoms with Gasteiger partial charge in [-0.25, -0.2) is 4.98 Å². The highest BCUT2D eigenvalue weighted by atomic mass is 32.1. The maximum Gasteiger partial charge on any atom is 0.293 e. The number of primary amides is 1. The van der Waals surface area contributed by atoms with Crippen molar-refractivity contribution in [2.24, 2.45) is 5.73 Å². The standard InChI is InChI=1S/C20H16N4O4S/c21-18(25)15-8-12(9-22-15)16-11-29-20(23-16)24-19(26)17-7-6-14(28-17)10-27-13-4-2-1-3-5-13/h1-9,11,22H,10H2,(H2,21,25)(H,23,24,26). The Kier molecular flexibility index (Phi) is 5.12.